The first-order valence-electron chi connectivity index (χ1n) is 5.77. The number of nitrogen functional groups attached to an aromatic ring is 1. The van der Waals surface area contributed by atoms with Gasteiger partial charge in [0.2, 0.25) is 0 Å². The highest BCUT2D eigenvalue weighted by atomic mass is 32.1. The summed E-state index contributed by atoms with van der Waals surface area (Å²) in [5, 5.41) is 2.20. The lowest BCUT2D eigenvalue weighted by atomic mass is 10.1. The van der Waals surface area contributed by atoms with Gasteiger partial charge in [0.25, 0.3) is 11.8 Å². The summed E-state index contributed by atoms with van der Waals surface area (Å²) in [7, 11) is 0. The van der Waals surface area contributed by atoms with E-state index in [0.29, 0.717) is 22.0 Å². The SMILES string of the molecule is CC(c1csc(N)n1)N1C(=O)c2ccccc2C1=O. The van der Waals surface area contributed by atoms with Crippen molar-refractivity contribution in [3.8, 4) is 0 Å². The first-order valence-corrected chi connectivity index (χ1v) is 6.65. The van der Waals surface area contributed by atoms with E-state index in [9.17, 15) is 9.59 Å². The fourth-order valence-corrected chi connectivity index (χ4v) is 2.83. The quantitative estimate of drug-likeness (QED) is 0.850. The number of nitrogens with zero attached hydrogens (tertiary/aromatic N) is 2. The minimum atomic E-state index is -0.416. The second kappa shape index (κ2) is 4.17. The van der Waals surface area contributed by atoms with E-state index >= 15 is 0 Å². The van der Waals surface area contributed by atoms with Crippen LogP contribution in [0.25, 0.3) is 0 Å². The molecule has 0 saturated heterocycles. The van der Waals surface area contributed by atoms with Crippen LogP contribution in [0.4, 0.5) is 5.13 Å². The first kappa shape index (κ1) is 11.9. The topological polar surface area (TPSA) is 76.3 Å². The van der Waals surface area contributed by atoms with Crippen LogP contribution in [0, 0.1) is 0 Å². The maximum absolute atomic E-state index is 12.3. The minimum absolute atomic E-state index is 0.278. The standard InChI is InChI=1S/C13H11N3O2S/c1-7(10-6-19-13(14)15-10)16-11(17)8-4-2-3-5-9(8)12(16)18/h2-7H,1H3,(H2,14,15). The maximum Gasteiger partial charge on any atom is 0.262 e. The van der Waals surface area contributed by atoms with E-state index in [1.54, 1.807) is 36.6 Å². The lowest BCUT2D eigenvalue weighted by Crippen LogP contribution is -2.32. The molecule has 0 spiro atoms. The van der Waals surface area contributed by atoms with Crippen LogP contribution in [0.3, 0.4) is 0 Å². The molecule has 0 bridgehead atoms. The third-order valence-electron chi connectivity index (χ3n) is 3.18. The monoisotopic (exact) mass is 273 g/mol. The highest BCUT2D eigenvalue weighted by Gasteiger charge is 2.39. The molecule has 1 aliphatic heterocycles. The minimum Gasteiger partial charge on any atom is -0.375 e. The van der Waals surface area contributed by atoms with Crippen LogP contribution in [0.2, 0.25) is 0 Å². The molecule has 0 radical (unpaired) electrons. The number of thiazole rings is 1. The molecule has 0 saturated carbocycles. The molecule has 2 N–H and O–H groups in total. The Kier molecular flexibility index (Phi) is 2.60. The molecule has 5 nitrogen and oxygen atoms in total. The molecule has 2 aromatic rings. The number of hydrogen-bond donors (Lipinski definition) is 1. The molecule has 96 valence electrons. The van der Waals surface area contributed by atoms with Gasteiger partial charge in [-0.15, -0.1) is 11.3 Å². The van der Waals surface area contributed by atoms with Crippen LogP contribution < -0.4 is 5.73 Å². The Labute approximate surface area is 113 Å². The van der Waals surface area contributed by atoms with Gasteiger partial charge in [-0.05, 0) is 19.1 Å². The summed E-state index contributed by atoms with van der Waals surface area (Å²) in [5.74, 6) is -0.556. The van der Waals surface area contributed by atoms with E-state index in [-0.39, 0.29) is 11.8 Å². The van der Waals surface area contributed by atoms with Crippen LogP contribution in [0.5, 0.6) is 0 Å². The van der Waals surface area contributed by atoms with Gasteiger partial charge in [0, 0.05) is 5.38 Å². The Hall–Kier alpha value is -2.21. The normalized spacial score (nSPS) is 15.7. The summed E-state index contributed by atoms with van der Waals surface area (Å²) in [6.07, 6.45) is 0. The summed E-state index contributed by atoms with van der Waals surface area (Å²) >= 11 is 1.30. The maximum atomic E-state index is 12.3. The number of aromatic nitrogens is 1. The average Bonchev–Trinajstić information content (AvgIpc) is 2.94. The van der Waals surface area contributed by atoms with Crippen molar-refractivity contribution in [1.29, 1.82) is 0 Å². The number of benzene rings is 1. The van der Waals surface area contributed by atoms with E-state index in [2.05, 4.69) is 4.98 Å². The molecular formula is C13H11N3O2S. The zero-order valence-corrected chi connectivity index (χ0v) is 11.0. The van der Waals surface area contributed by atoms with Gasteiger partial charge in [-0.25, -0.2) is 4.98 Å². The Morgan fingerprint density at radius 3 is 2.26 bits per heavy atom. The number of amides is 2. The first-order chi connectivity index (χ1) is 9.09. The summed E-state index contributed by atoms with van der Waals surface area (Å²) < 4.78 is 0. The molecule has 1 aromatic heterocycles. The molecular weight excluding hydrogens is 262 g/mol. The zero-order valence-electron chi connectivity index (χ0n) is 10.2. The zero-order chi connectivity index (χ0) is 13.6. The second-order valence-corrected chi connectivity index (χ2v) is 5.20. The molecule has 0 fully saturated rings. The van der Waals surface area contributed by atoms with Gasteiger partial charge in [0.15, 0.2) is 5.13 Å². The summed E-state index contributed by atoms with van der Waals surface area (Å²) in [6.45, 7) is 1.77. The highest BCUT2D eigenvalue weighted by Crippen LogP contribution is 2.31. The fraction of sp³-hybridized carbons (Fsp3) is 0.154. The molecule has 1 aliphatic rings. The lowest BCUT2D eigenvalue weighted by Gasteiger charge is -2.20. The van der Waals surface area contributed by atoms with Crippen molar-refractivity contribution in [2.75, 3.05) is 5.73 Å². The number of rotatable bonds is 2. The van der Waals surface area contributed by atoms with E-state index < -0.39 is 6.04 Å². The van der Waals surface area contributed by atoms with Gasteiger partial charge >= 0.3 is 0 Å². The lowest BCUT2D eigenvalue weighted by molar-refractivity contribution is 0.0592. The number of carbonyl (C=O) groups excluding carboxylic acids is 2. The number of fused-ring (bicyclic) bond motifs is 1. The predicted octanol–water partition coefficient (Wildman–Crippen LogP) is 2.08. The predicted molar refractivity (Wildman–Crippen MR) is 71.9 cm³/mol. The smallest absolute Gasteiger partial charge is 0.262 e. The Balaban J connectivity index is 2.00. The van der Waals surface area contributed by atoms with Crippen molar-refractivity contribution in [1.82, 2.24) is 9.88 Å². The Morgan fingerprint density at radius 1 is 1.21 bits per heavy atom. The molecule has 1 aromatic carbocycles. The molecule has 3 rings (SSSR count). The van der Waals surface area contributed by atoms with Crippen LogP contribution in [-0.4, -0.2) is 21.7 Å². The van der Waals surface area contributed by atoms with E-state index in [4.69, 9.17) is 5.73 Å². The van der Waals surface area contributed by atoms with Crippen LogP contribution >= 0.6 is 11.3 Å². The summed E-state index contributed by atoms with van der Waals surface area (Å²) in [6, 6.07) is 6.41. The van der Waals surface area contributed by atoms with Gasteiger partial charge in [-0.2, -0.15) is 0 Å². The van der Waals surface area contributed by atoms with Crippen LogP contribution in [0.1, 0.15) is 39.4 Å². The summed E-state index contributed by atoms with van der Waals surface area (Å²) in [4.78, 5) is 29.9. The highest BCUT2D eigenvalue weighted by molar-refractivity contribution is 7.13. The van der Waals surface area contributed by atoms with Gasteiger partial charge in [0.05, 0.1) is 22.9 Å². The van der Waals surface area contributed by atoms with Gasteiger partial charge in [0.1, 0.15) is 0 Å². The Morgan fingerprint density at radius 2 is 1.79 bits per heavy atom. The van der Waals surface area contributed by atoms with E-state index in [0.717, 1.165) is 0 Å². The summed E-state index contributed by atoms with van der Waals surface area (Å²) in [5.41, 5.74) is 7.12. The van der Waals surface area contributed by atoms with Gasteiger partial charge in [-0.3, -0.25) is 14.5 Å². The van der Waals surface area contributed by atoms with Crippen molar-refractivity contribution in [3.05, 3.63) is 46.5 Å². The van der Waals surface area contributed by atoms with Crippen LogP contribution in [-0.2, 0) is 0 Å². The second-order valence-electron chi connectivity index (χ2n) is 4.31. The average molecular weight is 273 g/mol. The van der Waals surface area contributed by atoms with Crippen molar-refractivity contribution in [2.24, 2.45) is 0 Å². The van der Waals surface area contributed by atoms with Crippen molar-refractivity contribution in [3.63, 3.8) is 0 Å². The third-order valence-corrected chi connectivity index (χ3v) is 3.87. The van der Waals surface area contributed by atoms with Crippen molar-refractivity contribution in [2.45, 2.75) is 13.0 Å². The largest absolute Gasteiger partial charge is 0.375 e. The number of anilines is 1. The number of imide groups is 1. The molecule has 2 amide bonds. The molecule has 0 aliphatic carbocycles. The number of hydrogen-bond acceptors (Lipinski definition) is 5. The van der Waals surface area contributed by atoms with Gasteiger partial charge in [-0.1, -0.05) is 12.1 Å². The third kappa shape index (κ3) is 1.72. The van der Waals surface area contributed by atoms with E-state index in [1.165, 1.54) is 16.2 Å². The number of nitrogens with two attached hydrogens (primary N) is 1. The fourth-order valence-electron chi connectivity index (χ4n) is 2.18. The molecule has 1 unspecified atom stereocenters. The van der Waals surface area contributed by atoms with Crippen molar-refractivity contribution >= 4 is 28.3 Å². The van der Waals surface area contributed by atoms with Gasteiger partial charge < -0.3 is 5.73 Å². The van der Waals surface area contributed by atoms with Crippen molar-refractivity contribution < 1.29 is 9.59 Å². The van der Waals surface area contributed by atoms with Crippen LogP contribution in [0.15, 0.2) is 29.6 Å². The Bertz CT molecular complexity index is 645. The molecule has 6 heteroatoms. The molecule has 1 atom stereocenters. The van der Waals surface area contributed by atoms with E-state index in [1.807, 2.05) is 0 Å². The number of carbonyl (C=O) groups is 2. The molecule has 2 heterocycles. The molecule has 19 heavy (non-hydrogen) atoms.